The average molecular weight is 474 g/mol. The number of carbonyl (C=O) groups excluding carboxylic acids is 1. The molecule has 2 N–H and O–H groups in total. The third-order valence-electron chi connectivity index (χ3n) is 3.22. The minimum Gasteiger partial charge on any atom is -0.462 e. The van der Waals surface area contributed by atoms with E-state index in [0.29, 0.717) is 31.2 Å². The molecule has 2 aromatic rings. The number of hydrogen-bond acceptors (Lipinski definition) is 5. The summed E-state index contributed by atoms with van der Waals surface area (Å²) in [7, 11) is 1.73. The van der Waals surface area contributed by atoms with Crippen LogP contribution in [0.25, 0.3) is 0 Å². The number of thiazole rings is 1. The Bertz CT molecular complexity index is 701. The van der Waals surface area contributed by atoms with Gasteiger partial charge in [-0.3, -0.25) is 4.99 Å². The van der Waals surface area contributed by atoms with Crippen LogP contribution in [-0.2, 0) is 17.8 Å². The highest BCUT2D eigenvalue weighted by Gasteiger charge is 2.06. The van der Waals surface area contributed by atoms with Gasteiger partial charge in [-0.1, -0.05) is 12.1 Å². The summed E-state index contributed by atoms with van der Waals surface area (Å²) in [5, 5.41) is 7.49. The van der Waals surface area contributed by atoms with Gasteiger partial charge in [-0.25, -0.2) is 9.78 Å². The van der Waals surface area contributed by atoms with Crippen molar-refractivity contribution in [1.29, 1.82) is 0 Å². The standard InChI is InChI=1S/C17H22N4O2S.HI/c1-4-23-16(22)14-7-5-13(6-8-14)10-20-17(18-3)21-11-15-19-9-12(2)24-15;/h5-9H,4,10-11H2,1-3H3,(H2,18,20,21);1H. The van der Waals surface area contributed by atoms with E-state index < -0.39 is 0 Å². The van der Waals surface area contributed by atoms with Crippen molar-refractivity contribution in [2.45, 2.75) is 26.9 Å². The molecule has 0 aliphatic heterocycles. The lowest BCUT2D eigenvalue weighted by Gasteiger charge is -2.11. The summed E-state index contributed by atoms with van der Waals surface area (Å²) in [6.07, 6.45) is 1.86. The van der Waals surface area contributed by atoms with Crippen LogP contribution >= 0.6 is 35.3 Å². The lowest BCUT2D eigenvalue weighted by molar-refractivity contribution is 0.0526. The van der Waals surface area contributed by atoms with E-state index in [9.17, 15) is 4.79 Å². The van der Waals surface area contributed by atoms with E-state index in [2.05, 4.69) is 20.6 Å². The van der Waals surface area contributed by atoms with Crippen LogP contribution in [0.15, 0.2) is 35.5 Å². The maximum absolute atomic E-state index is 11.6. The van der Waals surface area contributed by atoms with Crippen molar-refractivity contribution in [3.63, 3.8) is 0 Å². The van der Waals surface area contributed by atoms with E-state index >= 15 is 0 Å². The number of aliphatic imine (C=N–C) groups is 1. The Morgan fingerprint density at radius 1 is 1.24 bits per heavy atom. The Morgan fingerprint density at radius 3 is 2.48 bits per heavy atom. The summed E-state index contributed by atoms with van der Waals surface area (Å²) >= 11 is 1.66. The van der Waals surface area contributed by atoms with Crippen LogP contribution < -0.4 is 10.6 Å². The van der Waals surface area contributed by atoms with Crippen LogP contribution in [0.1, 0.15) is 32.7 Å². The fraction of sp³-hybridized carbons (Fsp3) is 0.353. The molecule has 0 bridgehead atoms. The van der Waals surface area contributed by atoms with Crippen molar-refractivity contribution < 1.29 is 9.53 Å². The molecule has 0 aliphatic carbocycles. The molecule has 136 valence electrons. The van der Waals surface area contributed by atoms with Gasteiger partial charge in [0.25, 0.3) is 0 Å². The number of esters is 1. The molecule has 0 saturated carbocycles. The molecule has 0 radical (unpaired) electrons. The fourth-order valence-electron chi connectivity index (χ4n) is 2.02. The number of guanidine groups is 1. The highest BCUT2D eigenvalue weighted by atomic mass is 127. The van der Waals surface area contributed by atoms with Gasteiger partial charge in [-0.05, 0) is 31.5 Å². The number of nitrogens with zero attached hydrogens (tertiary/aromatic N) is 2. The molecular weight excluding hydrogens is 451 g/mol. The van der Waals surface area contributed by atoms with Gasteiger partial charge in [0.1, 0.15) is 5.01 Å². The smallest absolute Gasteiger partial charge is 0.338 e. The zero-order chi connectivity index (χ0) is 17.4. The first kappa shape index (κ1) is 21.4. The lowest BCUT2D eigenvalue weighted by atomic mass is 10.1. The lowest BCUT2D eigenvalue weighted by Crippen LogP contribution is -2.36. The maximum atomic E-state index is 11.6. The SMILES string of the molecule is CCOC(=O)c1ccc(CNC(=NC)NCc2ncc(C)s2)cc1.I. The van der Waals surface area contributed by atoms with E-state index in [4.69, 9.17) is 4.74 Å². The second-order valence-electron chi connectivity index (χ2n) is 5.06. The van der Waals surface area contributed by atoms with Crippen LogP contribution in [0.4, 0.5) is 0 Å². The van der Waals surface area contributed by atoms with Gasteiger partial charge in [-0.15, -0.1) is 35.3 Å². The van der Waals surface area contributed by atoms with Crippen molar-refractivity contribution in [2.75, 3.05) is 13.7 Å². The second kappa shape index (κ2) is 11.0. The number of rotatable bonds is 6. The molecule has 25 heavy (non-hydrogen) atoms. The van der Waals surface area contributed by atoms with Crippen LogP contribution in [0, 0.1) is 6.92 Å². The molecule has 0 saturated heterocycles. The number of halogens is 1. The summed E-state index contributed by atoms with van der Waals surface area (Å²) in [4.78, 5) is 21.3. The Morgan fingerprint density at radius 2 is 1.92 bits per heavy atom. The third kappa shape index (κ3) is 6.99. The van der Waals surface area contributed by atoms with E-state index in [1.807, 2.05) is 25.3 Å². The number of ether oxygens (including phenoxy) is 1. The molecule has 0 aliphatic rings. The van der Waals surface area contributed by atoms with E-state index in [0.717, 1.165) is 10.6 Å². The van der Waals surface area contributed by atoms with Gasteiger partial charge in [0, 0.05) is 24.7 Å². The highest BCUT2D eigenvalue weighted by Crippen LogP contribution is 2.10. The van der Waals surface area contributed by atoms with Crippen molar-refractivity contribution in [3.8, 4) is 0 Å². The molecule has 1 aromatic carbocycles. The van der Waals surface area contributed by atoms with Gasteiger partial charge in [0.15, 0.2) is 5.96 Å². The van der Waals surface area contributed by atoms with Crippen molar-refractivity contribution in [3.05, 3.63) is 51.5 Å². The first-order valence-electron chi connectivity index (χ1n) is 7.74. The number of aryl methyl sites for hydroxylation is 1. The maximum Gasteiger partial charge on any atom is 0.338 e. The molecule has 0 amide bonds. The van der Waals surface area contributed by atoms with Gasteiger partial charge in [-0.2, -0.15) is 0 Å². The highest BCUT2D eigenvalue weighted by molar-refractivity contribution is 14.0. The largest absolute Gasteiger partial charge is 0.462 e. The van der Waals surface area contributed by atoms with Gasteiger partial charge < -0.3 is 15.4 Å². The zero-order valence-corrected chi connectivity index (χ0v) is 17.7. The predicted molar refractivity (Wildman–Crippen MR) is 112 cm³/mol. The van der Waals surface area contributed by atoms with Crippen LogP contribution in [-0.4, -0.2) is 30.6 Å². The van der Waals surface area contributed by atoms with Crippen molar-refractivity contribution in [2.24, 2.45) is 4.99 Å². The minimum absolute atomic E-state index is 0. The molecule has 1 aromatic heterocycles. The van der Waals surface area contributed by atoms with Crippen molar-refractivity contribution >= 4 is 47.2 Å². The average Bonchev–Trinajstić information content (AvgIpc) is 3.01. The summed E-state index contributed by atoms with van der Waals surface area (Å²) in [6.45, 7) is 5.46. The number of carbonyl (C=O) groups is 1. The third-order valence-corrected chi connectivity index (χ3v) is 4.14. The molecule has 0 spiro atoms. The molecule has 0 unspecified atom stereocenters. The molecule has 8 heteroatoms. The molecule has 0 atom stereocenters. The van der Waals surface area contributed by atoms with E-state index in [1.54, 1.807) is 37.4 Å². The Kier molecular flexibility index (Phi) is 9.43. The Labute approximate surface area is 169 Å². The quantitative estimate of drug-likeness (QED) is 0.291. The first-order chi connectivity index (χ1) is 11.6. The minimum atomic E-state index is -0.298. The fourth-order valence-corrected chi connectivity index (χ4v) is 2.75. The molecule has 2 rings (SSSR count). The summed E-state index contributed by atoms with van der Waals surface area (Å²) in [5.41, 5.74) is 1.61. The van der Waals surface area contributed by atoms with Crippen LogP contribution in [0.5, 0.6) is 0 Å². The van der Waals surface area contributed by atoms with E-state index in [1.165, 1.54) is 4.88 Å². The van der Waals surface area contributed by atoms with Gasteiger partial charge >= 0.3 is 5.97 Å². The predicted octanol–water partition coefficient (Wildman–Crippen LogP) is 3.11. The number of nitrogens with one attached hydrogen (secondary N) is 2. The summed E-state index contributed by atoms with van der Waals surface area (Å²) < 4.78 is 4.97. The Hall–Kier alpha value is -1.68. The number of hydrogen-bond donors (Lipinski definition) is 2. The molecular formula is C17H23IN4O2S. The van der Waals surface area contributed by atoms with E-state index in [-0.39, 0.29) is 29.9 Å². The van der Waals surface area contributed by atoms with Crippen LogP contribution in [0.3, 0.4) is 0 Å². The zero-order valence-electron chi connectivity index (χ0n) is 14.5. The van der Waals surface area contributed by atoms with Crippen molar-refractivity contribution in [1.82, 2.24) is 15.6 Å². The van der Waals surface area contributed by atoms with Gasteiger partial charge in [0.2, 0.25) is 0 Å². The first-order valence-corrected chi connectivity index (χ1v) is 8.56. The van der Waals surface area contributed by atoms with Gasteiger partial charge in [0.05, 0.1) is 18.7 Å². The summed E-state index contributed by atoms with van der Waals surface area (Å²) in [6, 6.07) is 7.33. The Balaban J connectivity index is 0.00000312. The normalized spacial score (nSPS) is 10.8. The monoisotopic (exact) mass is 474 g/mol. The second-order valence-corrected chi connectivity index (χ2v) is 6.38. The number of benzene rings is 1. The van der Waals surface area contributed by atoms with Crippen LogP contribution in [0.2, 0.25) is 0 Å². The number of aromatic nitrogens is 1. The molecule has 0 fully saturated rings. The molecule has 6 nitrogen and oxygen atoms in total. The topological polar surface area (TPSA) is 75.6 Å². The summed E-state index contributed by atoms with van der Waals surface area (Å²) in [5.74, 6) is 0.408. The molecule has 1 heterocycles.